The highest BCUT2D eigenvalue weighted by atomic mass is 32.2. The van der Waals surface area contributed by atoms with Gasteiger partial charge in [-0.25, -0.2) is 8.42 Å². The summed E-state index contributed by atoms with van der Waals surface area (Å²) >= 11 is 5.15. The third-order valence-electron chi connectivity index (χ3n) is 4.67. The Kier molecular flexibility index (Phi) is 6.38. The normalized spacial score (nSPS) is 11.4. The molecule has 0 bridgehead atoms. The second-order valence-corrected chi connectivity index (χ2v) is 9.77. The lowest BCUT2D eigenvalue weighted by Gasteiger charge is -2.10. The lowest BCUT2D eigenvalue weighted by atomic mass is 10.0. The van der Waals surface area contributed by atoms with Crippen LogP contribution in [0.3, 0.4) is 0 Å². The van der Waals surface area contributed by atoms with Gasteiger partial charge < -0.3 is 15.8 Å². The number of aromatic amines is 1. The maximum absolute atomic E-state index is 11.5. The first kappa shape index (κ1) is 21.7. The molecular formula is C22H22N2O4S2. The number of benzene rings is 2. The molecule has 0 unspecified atom stereocenters. The Labute approximate surface area is 180 Å². The van der Waals surface area contributed by atoms with E-state index in [1.54, 1.807) is 12.1 Å². The van der Waals surface area contributed by atoms with Crippen molar-refractivity contribution in [3.8, 4) is 16.9 Å². The van der Waals surface area contributed by atoms with E-state index in [-0.39, 0.29) is 16.0 Å². The quantitative estimate of drug-likeness (QED) is 0.484. The number of H-pyrrole nitrogens is 1. The highest BCUT2D eigenvalue weighted by Crippen LogP contribution is 2.23. The van der Waals surface area contributed by atoms with E-state index < -0.39 is 15.7 Å². The van der Waals surface area contributed by atoms with Crippen LogP contribution in [0.2, 0.25) is 0 Å². The summed E-state index contributed by atoms with van der Waals surface area (Å²) in [6.07, 6.45) is 2.28. The van der Waals surface area contributed by atoms with E-state index in [0.717, 1.165) is 22.9 Å². The number of nitrogens with two attached hydrogens (primary N) is 1. The van der Waals surface area contributed by atoms with Crippen LogP contribution in [0.4, 0.5) is 0 Å². The van der Waals surface area contributed by atoms with Crippen LogP contribution in [-0.4, -0.2) is 30.7 Å². The van der Waals surface area contributed by atoms with Crippen molar-refractivity contribution in [3.05, 3.63) is 81.6 Å². The maximum atomic E-state index is 11.5. The van der Waals surface area contributed by atoms with Crippen LogP contribution >= 0.6 is 12.2 Å². The third-order valence-corrected chi connectivity index (χ3v) is 5.82. The molecule has 8 heteroatoms. The molecule has 0 radical (unpaired) electrons. The van der Waals surface area contributed by atoms with Crippen LogP contribution in [0.1, 0.15) is 27.3 Å². The number of pyridine rings is 1. The minimum absolute atomic E-state index is 0.0200. The fourth-order valence-corrected chi connectivity index (χ4v) is 4.15. The fourth-order valence-electron chi connectivity index (χ4n) is 3.17. The molecule has 3 aromatic rings. The van der Waals surface area contributed by atoms with Gasteiger partial charge in [0, 0.05) is 17.5 Å². The zero-order valence-corrected chi connectivity index (χ0v) is 18.0. The Morgan fingerprint density at radius 2 is 1.60 bits per heavy atom. The summed E-state index contributed by atoms with van der Waals surface area (Å²) < 4.78 is 23.3. The first-order chi connectivity index (χ1) is 14.1. The lowest BCUT2D eigenvalue weighted by Crippen LogP contribution is -2.10. The summed E-state index contributed by atoms with van der Waals surface area (Å²) in [6.45, 7) is 0. The summed E-state index contributed by atoms with van der Waals surface area (Å²) in [7, 11) is -3.21. The molecule has 0 aliphatic rings. The topological polar surface area (TPSA) is 113 Å². The monoisotopic (exact) mass is 442 g/mol. The summed E-state index contributed by atoms with van der Waals surface area (Å²) in [5, 5.41) is 10.2. The summed E-state index contributed by atoms with van der Waals surface area (Å²) in [6, 6.07) is 16.5. The molecule has 0 saturated carbocycles. The van der Waals surface area contributed by atoms with Gasteiger partial charge >= 0.3 is 0 Å². The summed E-state index contributed by atoms with van der Waals surface area (Å²) in [5.74, 6) is -0.638. The van der Waals surface area contributed by atoms with Crippen LogP contribution in [0, 0.1) is 4.51 Å². The van der Waals surface area contributed by atoms with E-state index in [1.165, 1.54) is 6.07 Å². The van der Waals surface area contributed by atoms with Crippen molar-refractivity contribution >= 4 is 28.0 Å². The molecule has 3 rings (SSSR count). The Morgan fingerprint density at radius 1 is 1.03 bits per heavy atom. The number of hydrogen-bond acceptors (Lipinski definition) is 5. The van der Waals surface area contributed by atoms with Crippen LogP contribution < -0.4 is 5.73 Å². The van der Waals surface area contributed by atoms with Crippen molar-refractivity contribution in [2.24, 2.45) is 5.73 Å². The predicted molar refractivity (Wildman–Crippen MR) is 120 cm³/mol. The number of aromatic hydroxyl groups is 1. The number of aromatic nitrogens is 1. The largest absolute Gasteiger partial charge is 0.505 e. The van der Waals surface area contributed by atoms with Gasteiger partial charge in [0.05, 0.1) is 16.0 Å². The molecule has 156 valence electrons. The number of aryl methyl sites for hydroxylation is 2. The van der Waals surface area contributed by atoms with E-state index in [9.17, 15) is 18.3 Å². The Bertz CT molecular complexity index is 1230. The van der Waals surface area contributed by atoms with Gasteiger partial charge in [-0.15, -0.1) is 0 Å². The number of rotatable bonds is 7. The van der Waals surface area contributed by atoms with Crippen molar-refractivity contribution in [1.82, 2.24) is 4.98 Å². The number of primary amides is 1. The van der Waals surface area contributed by atoms with Crippen molar-refractivity contribution in [2.75, 3.05) is 6.26 Å². The van der Waals surface area contributed by atoms with E-state index >= 15 is 0 Å². The molecule has 0 atom stereocenters. The molecule has 0 saturated heterocycles. The van der Waals surface area contributed by atoms with Crippen molar-refractivity contribution in [2.45, 2.75) is 18.6 Å². The number of amides is 1. The van der Waals surface area contributed by atoms with Gasteiger partial charge in [0.15, 0.2) is 15.6 Å². The van der Waals surface area contributed by atoms with Gasteiger partial charge in [0.2, 0.25) is 5.91 Å². The minimum Gasteiger partial charge on any atom is -0.505 e. The van der Waals surface area contributed by atoms with Crippen LogP contribution in [0.25, 0.3) is 11.1 Å². The molecule has 0 spiro atoms. The predicted octanol–water partition coefficient (Wildman–Crippen LogP) is 3.55. The van der Waals surface area contributed by atoms with E-state index in [2.05, 4.69) is 4.98 Å². The molecule has 0 fully saturated rings. The van der Waals surface area contributed by atoms with Crippen molar-refractivity contribution < 1.29 is 18.3 Å². The number of carbonyl (C=O) groups excluding carboxylic acids is 1. The zero-order valence-electron chi connectivity index (χ0n) is 16.4. The van der Waals surface area contributed by atoms with Gasteiger partial charge in [0.25, 0.3) is 0 Å². The molecule has 1 heterocycles. The molecule has 2 aromatic carbocycles. The molecule has 0 aliphatic heterocycles. The minimum atomic E-state index is -3.21. The maximum Gasteiger partial charge on any atom is 0.248 e. The Hall–Kier alpha value is -2.97. The van der Waals surface area contributed by atoms with E-state index in [0.29, 0.717) is 29.8 Å². The molecule has 1 amide bonds. The average molecular weight is 443 g/mol. The highest BCUT2D eigenvalue weighted by Gasteiger charge is 2.11. The van der Waals surface area contributed by atoms with Gasteiger partial charge in [0.1, 0.15) is 0 Å². The number of nitrogens with one attached hydrogen (secondary N) is 1. The van der Waals surface area contributed by atoms with E-state index in [1.807, 2.05) is 36.4 Å². The molecule has 30 heavy (non-hydrogen) atoms. The SMILES string of the molecule is CS(=O)(=O)Cc1cc(=S)c(O)c(CCc2ccc(-c3ccc(C(N)=O)cc3)cc2)[nH]1. The van der Waals surface area contributed by atoms with Gasteiger partial charge in [-0.2, -0.15) is 0 Å². The smallest absolute Gasteiger partial charge is 0.248 e. The van der Waals surface area contributed by atoms with Gasteiger partial charge in [-0.05, 0) is 47.7 Å². The van der Waals surface area contributed by atoms with Crippen LogP contribution in [0.15, 0.2) is 54.6 Å². The number of sulfone groups is 1. The standard InChI is InChI=1S/C22H22N2O4S2/c1-30(27,28)13-18-12-20(29)21(25)19(24-18)11-4-14-2-5-15(6-3-14)16-7-9-17(10-8-16)22(23)26/h2-3,5-10,12,25H,4,11,13H2,1H3,(H2,23,26)(H,24,29). The molecular weight excluding hydrogens is 420 g/mol. The lowest BCUT2D eigenvalue weighted by molar-refractivity contribution is 0.100. The molecule has 1 aromatic heterocycles. The summed E-state index contributed by atoms with van der Waals surface area (Å²) in [4.78, 5) is 14.2. The van der Waals surface area contributed by atoms with Gasteiger partial charge in [-0.1, -0.05) is 48.6 Å². The second kappa shape index (κ2) is 8.81. The Balaban J connectivity index is 1.73. The zero-order chi connectivity index (χ0) is 21.9. The van der Waals surface area contributed by atoms with E-state index in [4.69, 9.17) is 18.0 Å². The first-order valence-corrected chi connectivity index (χ1v) is 11.7. The average Bonchev–Trinajstić information content (AvgIpc) is 2.69. The highest BCUT2D eigenvalue weighted by molar-refractivity contribution is 7.89. The second-order valence-electron chi connectivity index (χ2n) is 7.19. The fraction of sp³-hybridized carbons (Fsp3) is 0.182. The number of carbonyl (C=O) groups is 1. The summed E-state index contributed by atoms with van der Waals surface area (Å²) in [5.41, 5.74) is 9.75. The molecule has 6 nitrogen and oxygen atoms in total. The number of hydrogen-bond donors (Lipinski definition) is 3. The van der Waals surface area contributed by atoms with Gasteiger partial charge in [-0.3, -0.25) is 4.79 Å². The molecule has 4 N–H and O–H groups in total. The first-order valence-electron chi connectivity index (χ1n) is 9.23. The molecule has 0 aliphatic carbocycles. The Morgan fingerprint density at radius 3 is 2.13 bits per heavy atom. The van der Waals surface area contributed by atoms with Crippen molar-refractivity contribution in [1.29, 1.82) is 0 Å². The van der Waals surface area contributed by atoms with Crippen LogP contribution in [-0.2, 0) is 28.4 Å². The third kappa shape index (κ3) is 5.55. The van der Waals surface area contributed by atoms with Crippen molar-refractivity contribution in [3.63, 3.8) is 0 Å². The van der Waals surface area contributed by atoms with Crippen LogP contribution in [0.5, 0.6) is 5.75 Å².